The van der Waals surface area contributed by atoms with E-state index >= 15 is 0 Å². The molecule has 1 saturated heterocycles. The molecule has 0 amide bonds. The normalized spacial score (nSPS) is 13.8. The number of anilines is 4. The summed E-state index contributed by atoms with van der Waals surface area (Å²) in [7, 11) is 0. The number of benzene rings is 2. The van der Waals surface area contributed by atoms with Gasteiger partial charge < -0.3 is 20.1 Å². The number of aromatic nitrogens is 3. The SMILES string of the molecule is O=[N+]([O-])c1cccc(Nc2nc(N/N=C\c3cc(I)cc(I)c3O)nc(N3CCOCC3)n2)c1. The topological polar surface area (TPSA) is 151 Å². The number of non-ortho nitro benzene ring substituents is 1. The Balaban J connectivity index is 1.61. The van der Waals surface area contributed by atoms with Crippen molar-refractivity contribution in [3.05, 3.63) is 59.2 Å². The molecule has 3 N–H and O–H groups in total. The number of hydrogen-bond donors (Lipinski definition) is 3. The number of halogens is 2. The van der Waals surface area contributed by atoms with E-state index in [1.54, 1.807) is 18.2 Å². The lowest BCUT2D eigenvalue weighted by molar-refractivity contribution is -0.384. The zero-order chi connectivity index (χ0) is 24.1. The molecule has 0 radical (unpaired) electrons. The largest absolute Gasteiger partial charge is 0.506 e. The van der Waals surface area contributed by atoms with Crippen LogP contribution in [-0.2, 0) is 4.74 Å². The molecule has 0 aliphatic carbocycles. The van der Waals surface area contributed by atoms with Gasteiger partial charge in [0, 0.05) is 40.0 Å². The van der Waals surface area contributed by atoms with Crippen LogP contribution in [0.5, 0.6) is 5.75 Å². The second-order valence-electron chi connectivity index (χ2n) is 7.01. The van der Waals surface area contributed by atoms with Gasteiger partial charge in [0.25, 0.3) is 5.69 Å². The minimum Gasteiger partial charge on any atom is -0.506 e. The van der Waals surface area contributed by atoms with Gasteiger partial charge in [-0.1, -0.05) is 6.07 Å². The molecule has 2 aromatic carbocycles. The van der Waals surface area contributed by atoms with E-state index in [9.17, 15) is 15.2 Å². The zero-order valence-corrected chi connectivity index (χ0v) is 21.8. The van der Waals surface area contributed by atoms with Crippen LogP contribution in [0.1, 0.15) is 5.56 Å². The summed E-state index contributed by atoms with van der Waals surface area (Å²) in [6, 6.07) is 9.70. The Labute approximate surface area is 221 Å². The Bertz CT molecular complexity index is 1240. The van der Waals surface area contributed by atoms with E-state index in [0.717, 1.165) is 3.57 Å². The van der Waals surface area contributed by atoms with E-state index < -0.39 is 4.92 Å². The van der Waals surface area contributed by atoms with E-state index in [2.05, 4.69) is 76.0 Å². The Morgan fingerprint density at radius 2 is 1.91 bits per heavy atom. The molecule has 2 heterocycles. The summed E-state index contributed by atoms with van der Waals surface area (Å²) in [6.45, 7) is 2.31. The fourth-order valence-electron chi connectivity index (χ4n) is 3.05. The lowest BCUT2D eigenvalue weighted by atomic mass is 10.2. The fraction of sp³-hybridized carbons (Fsp3) is 0.200. The molecule has 4 rings (SSSR count). The molecular weight excluding hydrogens is 670 g/mol. The fourth-order valence-corrected chi connectivity index (χ4v) is 4.94. The molecule has 0 atom stereocenters. The van der Waals surface area contributed by atoms with E-state index in [-0.39, 0.29) is 23.3 Å². The highest BCUT2D eigenvalue weighted by atomic mass is 127. The molecule has 14 heteroatoms. The summed E-state index contributed by atoms with van der Waals surface area (Å²) in [5.41, 5.74) is 3.73. The Hall–Kier alpha value is -2.86. The standard InChI is InChI=1S/C20H18I2N8O4/c21-13-8-12(17(31)16(22)9-13)11-23-28-19-25-18(24-14-2-1-3-15(10-14)30(32)33)26-20(27-19)29-4-6-34-7-5-29/h1-3,8-11,31H,4-7H2,(H2,24,25,26,27,28)/b23-11-. The number of ether oxygens (including phenoxy) is 1. The Kier molecular flexibility index (Phi) is 7.88. The molecule has 1 aliphatic rings. The lowest BCUT2D eigenvalue weighted by Crippen LogP contribution is -2.37. The van der Waals surface area contributed by atoms with Gasteiger partial charge in [-0.2, -0.15) is 20.1 Å². The molecule has 0 bridgehead atoms. The Morgan fingerprint density at radius 3 is 2.68 bits per heavy atom. The van der Waals surface area contributed by atoms with Crippen molar-refractivity contribution < 1.29 is 14.8 Å². The van der Waals surface area contributed by atoms with Crippen molar-refractivity contribution in [1.82, 2.24) is 15.0 Å². The molecule has 3 aromatic rings. The number of nitro benzene ring substituents is 1. The average Bonchev–Trinajstić information content (AvgIpc) is 2.82. The minimum atomic E-state index is -0.471. The van der Waals surface area contributed by atoms with Crippen LogP contribution in [0.2, 0.25) is 0 Å². The molecule has 1 aromatic heterocycles. The van der Waals surface area contributed by atoms with Gasteiger partial charge in [0.1, 0.15) is 5.75 Å². The number of phenolic OH excluding ortho intramolecular Hbond substituents is 1. The number of nitro groups is 1. The number of phenols is 1. The summed E-state index contributed by atoms with van der Waals surface area (Å²) in [5.74, 6) is 0.904. The molecule has 1 aliphatic heterocycles. The smallest absolute Gasteiger partial charge is 0.271 e. The van der Waals surface area contributed by atoms with E-state index in [1.807, 2.05) is 11.0 Å². The van der Waals surface area contributed by atoms with Crippen LogP contribution >= 0.6 is 45.2 Å². The van der Waals surface area contributed by atoms with Crippen LogP contribution in [0.3, 0.4) is 0 Å². The first-order chi connectivity index (χ1) is 16.4. The van der Waals surface area contributed by atoms with Crippen molar-refractivity contribution in [1.29, 1.82) is 0 Å². The first-order valence-corrected chi connectivity index (χ1v) is 12.1. The maximum Gasteiger partial charge on any atom is 0.271 e. The second-order valence-corrected chi connectivity index (χ2v) is 9.42. The molecule has 0 saturated carbocycles. The molecule has 34 heavy (non-hydrogen) atoms. The first-order valence-electron chi connectivity index (χ1n) is 9.96. The van der Waals surface area contributed by atoms with Crippen molar-refractivity contribution in [2.45, 2.75) is 0 Å². The van der Waals surface area contributed by atoms with Crippen molar-refractivity contribution in [2.24, 2.45) is 5.10 Å². The highest BCUT2D eigenvalue weighted by molar-refractivity contribution is 14.1. The predicted molar refractivity (Wildman–Crippen MR) is 144 cm³/mol. The molecule has 0 spiro atoms. The molecule has 0 unspecified atom stereocenters. The van der Waals surface area contributed by atoms with Gasteiger partial charge in [-0.15, -0.1) is 0 Å². The van der Waals surface area contributed by atoms with Gasteiger partial charge in [-0.3, -0.25) is 10.1 Å². The third kappa shape index (κ3) is 6.17. The molecule has 1 fully saturated rings. The highest BCUT2D eigenvalue weighted by Crippen LogP contribution is 2.26. The Morgan fingerprint density at radius 1 is 1.15 bits per heavy atom. The monoisotopic (exact) mass is 688 g/mol. The van der Waals surface area contributed by atoms with Crippen molar-refractivity contribution >= 4 is 80.6 Å². The molecule has 12 nitrogen and oxygen atoms in total. The van der Waals surface area contributed by atoms with Gasteiger partial charge in [-0.05, 0) is 63.4 Å². The van der Waals surface area contributed by atoms with Crippen molar-refractivity contribution in [3.8, 4) is 5.75 Å². The van der Waals surface area contributed by atoms with Gasteiger partial charge >= 0.3 is 0 Å². The van der Waals surface area contributed by atoms with Crippen LogP contribution in [0.25, 0.3) is 0 Å². The van der Waals surface area contributed by atoms with Crippen LogP contribution in [0.4, 0.5) is 29.2 Å². The predicted octanol–water partition coefficient (Wildman–Crippen LogP) is 3.72. The third-order valence-electron chi connectivity index (χ3n) is 4.66. The van der Waals surface area contributed by atoms with Crippen LogP contribution in [0.15, 0.2) is 41.5 Å². The number of nitrogens with zero attached hydrogens (tertiary/aromatic N) is 6. The van der Waals surface area contributed by atoms with Crippen LogP contribution in [0, 0.1) is 17.3 Å². The van der Waals surface area contributed by atoms with Crippen molar-refractivity contribution in [3.63, 3.8) is 0 Å². The number of nitrogens with one attached hydrogen (secondary N) is 2. The van der Waals surface area contributed by atoms with E-state index in [0.29, 0.717) is 47.1 Å². The van der Waals surface area contributed by atoms with Gasteiger partial charge in [-0.25, -0.2) is 5.43 Å². The van der Waals surface area contributed by atoms with Crippen LogP contribution < -0.4 is 15.6 Å². The number of morpholine rings is 1. The molecule has 176 valence electrons. The zero-order valence-electron chi connectivity index (χ0n) is 17.5. The summed E-state index contributed by atoms with van der Waals surface area (Å²) < 4.78 is 7.07. The minimum absolute atomic E-state index is 0.0534. The van der Waals surface area contributed by atoms with E-state index in [4.69, 9.17) is 4.74 Å². The first kappa shape index (κ1) is 24.3. The van der Waals surface area contributed by atoms with Crippen LogP contribution in [-0.4, -0.2) is 57.5 Å². The van der Waals surface area contributed by atoms with E-state index in [1.165, 1.54) is 18.3 Å². The number of rotatable bonds is 7. The van der Waals surface area contributed by atoms with Gasteiger partial charge in [0.05, 0.1) is 27.9 Å². The maximum atomic E-state index is 11.1. The summed E-state index contributed by atoms with van der Waals surface area (Å²) >= 11 is 4.22. The second kappa shape index (κ2) is 11.0. The highest BCUT2D eigenvalue weighted by Gasteiger charge is 2.17. The third-order valence-corrected chi connectivity index (χ3v) is 6.10. The maximum absolute atomic E-state index is 11.1. The summed E-state index contributed by atoms with van der Waals surface area (Å²) in [6.07, 6.45) is 1.48. The summed E-state index contributed by atoms with van der Waals surface area (Å²) in [5, 5.41) is 28.5. The van der Waals surface area contributed by atoms with Gasteiger partial charge in [0.2, 0.25) is 17.8 Å². The number of aromatic hydroxyl groups is 1. The molecular formula is C20H18I2N8O4. The lowest BCUT2D eigenvalue weighted by Gasteiger charge is -2.27. The average molecular weight is 688 g/mol. The quantitative estimate of drug-likeness (QED) is 0.145. The van der Waals surface area contributed by atoms with Crippen molar-refractivity contribution in [2.75, 3.05) is 41.9 Å². The number of hydrazone groups is 1. The summed E-state index contributed by atoms with van der Waals surface area (Å²) in [4.78, 5) is 25.8. The number of hydrogen-bond acceptors (Lipinski definition) is 11. The van der Waals surface area contributed by atoms with Gasteiger partial charge in [0.15, 0.2) is 0 Å².